The van der Waals surface area contributed by atoms with Crippen LogP contribution >= 0.6 is 0 Å². The van der Waals surface area contributed by atoms with Crippen LogP contribution < -0.4 is 4.72 Å². The molecule has 0 spiro atoms. The summed E-state index contributed by atoms with van der Waals surface area (Å²) in [6, 6.07) is 1.56. The van der Waals surface area contributed by atoms with Gasteiger partial charge in [0.15, 0.2) is 0 Å². The molecule has 1 heterocycles. The Bertz CT molecular complexity index is 487. The van der Waals surface area contributed by atoms with E-state index in [4.69, 9.17) is 0 Å². The molecule has 2 N–H and O–H groups in total. The standard InChI is InChI=1S/C11H18N2O3S/c1-13-7-4-10(8-13)17(15,16)12-11(9-14)5-2-3-6-11/h4,7-8,12,14H,2-3,5-6,9H2,1H3. The molecule has 1 aliphatic carbocycles. The third kappa shape index (κ3) is 2.53. The Kier molecular flexibility index (Phi) is 3.29. The van der Waals surface area contributed by atoms with Crippen molar-refractivity contribution < 1.29 is 13.5 Å². The second-order valence-electron chi connectivity index (χ2n) is 4.76. The lowest BCUT2D eigenvalue weighted by molar-refractivity contribution is 0.185. The van der Waals surface area contributed by atoms with E-state index in [0.717, 1.165) is 12.8 Å². The molecule has 1 aliphatic rings. The van der Waals surface area contributed by atoms with Gasteiger partial charge >= 0.3 is 0 Å². The number of nitrogens with zero attached hydrogens (tertiary/aromatic N) is 1. The van der Waals surface area contributed by atoms with E-state index >= 15 is 0 Å². The predicted octanol–water partition coefficient (Wildman–Crippen LogP) is 0.608. The maximum absolute atomic E-state index is 12.1. The summed E-state index contributed by atoms with van der Waals surface area (Å²) in [6.45, 7) is -0.140. The van der Waals surface area contributed by atoms with Gasteiger partial charge in [-0.1, -0.05) is 12.8 Å². The minimum atomic E-state index is -3.52. The highest BCUT2D eigenvalue weighted by atomic mass is 32.2. The van der Waals surface area contributed by atoms with Crippen LogP contribution in [0.1, 0.15) is 25.7 Å². The van der Waals surface area contributed by atoms with Crippen LogP contribution in [0.25, 0.3) is 0 Å². The van der Waals surface area contributed by atoms with Crippen molar-refractivity contribution in [1.82, 2.24) is 9.29 Å². The summed E-state index contributed by atoms with van der Waals surface area (Å²) < 4.78 is 28.6. The summed E-state index contributed by atoms with van der Waals surface area (Å²) in [4.78, 5) is 0.250. The van der Waals surface area contributed by atoms with Gasteiger partial charge in [-0.15, -0.1) is 0 Å². The van der Waals surface area contributed by atoms with Crippen LogP contribution in [0, 0.1) is 0 Å². The lowest BCUT2D eigenvalue weighted by Gasteiger charge is -2.27. The molecule has 17 heavy (non-hydrogen) atoms. The first kappa shape index (κ1) is 12.6. The Morgan fingerprint density at radius 1 is 1.47 bits per heavy atom. The van der Waals surface area contributed by atoms with Gasteiger partial charge in [-0.25, -0.2) is 13.1 Å². The highest BCUT2D eigenvalue weighted by Gasteiger charge is 2.37. The number of hydrogen-bond acceptors (Lipinski definition) is 3. The largest absolute Gasteiger partial charge is 0.394 e. The van der Waals surface area contributed by atoms with Crippen LogP contribution in [0.3, 0.4) is 0 Å². The fraction of sp³-hybridized carbons (Fsp3) is 0.636. The van der Waals surface area contributed by atoms with Gasteiger partial charge < -0.3 is 9.67 Å². The first-order valence-electron chi connectivity index (χ1n) is 5.74. The van der Waals surface area contributed by atoms with Gasteiger partial charge in [0.25, 0.3) is 0 Å². The van der Waals surface area contributed by atoms with Gasteiger partial charge in [-0.2, -0.15) is 0 Å². The fourth-order valence-corrected chi connectivity index (χ4v) is 3.83. The average molecular weight is 258 g/mol. The molecule has 96 valence electrons. The van der Waals surface area contributed by atoms with Crippen LogP contribution in [-0.4, -0.2) is 30.2 Å². The fourth-order valence-electron chi connectivity index (χ4n) is 2.32. The zero-order chi connectivity index (χ0) is 12.5. The van der Waals surface area contributed by atoms with Gasteiger partial charge in [0.1, 0.15) is 0 Å². The van der Waals surface area contributed by atoms with Crippen LogP contribution in [-0.2, 0) is 17.1 Å². The van der Waals surface area contributed by atoms with Crippen LogP contribution in [0.4, 0.5) is 0 Å². The van der Waals surface area contributed by atoms with Crippen molar-refractivity contribution >= 4 is 10.0 Å². The second kappa shape index (κ2) is 4.44. The lowest BCUT2D eigenvalue weighted by atomic mass is 10.0. The van der Waals surface area contributed by atoms with Crippen LogP contribution in [0.15, 0.2) is 23.4 Å². The van der Waals surface area contributed by atoms with E-state index in [0.29, 0.717) is 12.8 Å². The van der Waals surface area contributed by atoms with E-state index in [1.807, 2.05) is 0 Å². The molecule has 0 aliphatic heterocycles. The number of rotatable bonds is 4. The molecule has 1 fully saturated rings. The zero-order valence-electron chi connectivity index (χ0n) is 9.89. The summed E-state index contributed by atoms with van der Waals surface area (Å²) in [6.07, 6.45) is 6.57. The molecule has 0 atom stereocenters. The Morgan fingerprint density at radius 2 is 2.12 bits per heavy atom. The molecule has 6 heteroatoms. The highest BCUT2D eigenvalue weighted by Crippen LogP contribution is 2.30. The Hall–Kier alpha value is -0.850. The molecule has 0 aromatic carbocycles. The normalized spacial score (nSPS) is 19.6. The first-order chi connectivity index (χ1) is 7.97. The van der Waals surface area contributed by atoms with Crippen molar-refractivity contribution in [1.29, 1.82) is 0 Å². The van der Waals surface area contributed by atoms with Gasteiger partial charge in [0.2, 0.25) is 10.0 Å². The number of nitrogens with one attached hydrogen (secondary N) is 1. The third-order valence-electron chi connectivity index (χ3n) is 3.33. The van der Waals surface area contributed by atoms with Gasteiger partial charge in [-0.3, -0.25) is 0 Å². The summed E-state index contributed by atoms with van der Waals surface area (Å²) in [5.41, 5.74) is -0.658. The van der Waals surface area contributed by atoms with Crippen molar-refractivity contribution in [3.8, 4) is 0 Å². The van der Waals surface area contributed by atoms with E-state index < -0.39 is 15.6 Å². The molecule has 0 bridgehead atoms. The summed E-state index contributed by atoms with van der Waals surface area (Å²) in [5, 5.41) is 9.40. The number of aliphatic hydroxyl groups is 1. The van der Waals surface area contributed by atoms with Crippen LogP contribution in [0.2, 0.25) is 0 Å². The molecule has 2 rings (SSSR count). The number of sulfonamides is 1. The van der Waals surface area contributed by atoms with Crippen molar-refractivity contribution in [2.24, 2.45) is 7.05 Å². The average Bonchev–Trinajstić information content (AvgIpc) is 2.87. The number of aromatic nitrogens is 1. The second-order valence-corrected chi connectivity index (χ2v) is 6.45. The molecule has 5 nitrogen and oxygen atoms in total. The predicted molar refractivity (Wildman–Crippen MR) is 64.0 cm³/mol. The Morgan fingerprint density at radius 3 is 2.59 bits per heavy atom. The molecular weight excluding hydrogens is 240 g/mol. The summed E-state index contributed by atoms with van der Waals surface area (Å²) >= 11 is 0. The SMILES string of the molecule is Cn1ccc(S(=O)(=O)NC2(CO)CCCC2)c1. The minimum Gasteiger partial charge on any atom is -0.394 e. The summed E-state index contributed by atoms with van der Waals surface area (Å²) in [5.74, 6) is 0. The van der Waals surface area contributed by atoms with Crippen LogP contribution in [0.5, 0.6) is 0 Å². The van der Waals surface area contributed by atoms with E-state index in [1.165, 1.54) is 0 Å². The van der Waals surface area contributed by atoms with Crippen molar-refractivity contribution in [3.63, 3.8) is 0 Å². The monoisotopic (exact) mass is 258 g/mol. The third-order valence-corrected chi connectivity index (χ3v) is 4.89. The van der Waals surface area contributed by atoms with E-state index in [9.17, 15) is 13.5 Å². The van der Waals surface area contributed by atoms with Crippen molar-refractivity contribution in [2.45, 2.75) is 36.1 Å². The van der Waals surface area contributed by atoms with Crippen molar-refractivity contribution in [3.05, 3.63) is 18.5 Å². The first-order valence-corrected chi connectivity index (χ1v) is 7.23. The minimum absolute atomic E-state index is 0.140. The molecule has 1 aromatic rings. The number of hydrogen-bond donors (Lipinski definition) is 2. The zero-order valence-corrected chi connectivity index (χ0v) is 10.7. The maximum atomic E-state index is 12.1. The lowest BCUT2D eigenvalue weighted by Crippen LogP contribution is -2.48. The highest BCUT2D eigenvalue weighted by molar-refractivity contribution is 7.89. The smallest absolute Gasteiger partial charge is 0.242 e. The molecule has 0 saturated heterocycles. The molecule has 1 saturated carbocycles. The summed E-state index contributed by atoms with van der Waals surface area (Å²) in [7, 11) is -1.75. The van der Waals surface area contributed by atoms with Gasteiger partial charge in [0.05, 0.1) is 17.0 Å². The molecular formula is C11H18N2O3S. The van der Waals surface area contributed by atoms with Gasteiger partial charge in [0, 0.05) is 19.4 Å². The molecule has 1 aromatic heterocycles. The Labute approximate surface area is 102 Å². The van der Waals surface area contributed by atoms with Gasteiger partial charge in [-0.05, 0) is 18.9 Å². The van der Waals surface area contributed by atoms with E-state index in [1.54, 1.807) is 30.1 Å². The number of aryl methyl sites for hydroxylation is 1. The van der Waals surface area contributed by atoms with E-state index in [2.05, 4.69) is 4.72 Å². The molecule has 0 amide bonds. The maximum Gasteiger partial charge on any atom is 0.242 e. The molecule has 0 radical (unpaired) electrons. The van der Waals surface area contributed by atoms with E-state index in [-0.39, 0.29) is 11.5 Å². The molecule has 0 unspecified atom stereocenters. The topological polar surface area (TPSA) is 71.3 Å². The number of aliphatic hydroxyl groups excluding tert-OH is 1. The van der Waals surface area contributed by atoms with Crippen molar-refractivity contribution in [2.75, 3.05) is 6.61 Å². The Balaban J connectivity index is 2.22. The quantitative estimate of drug-likeness (QED) is 0.831.